The quantitative estimate of drug-likeness (QED) is 0.637. The molecule has 2 rings (SSSR count). The van der Waals surface area contributed by atoms with Crippen LogP contribution in [0.15, 0.2) is 0 Å². The Kier molecular flexibility index (Phi) is 4.88. The molecule has 6 nitrogen and oxygen atoms in total. The van der Waals surface area contributed by atoms with Gasteiger partial charge in [0.15, 0.2) is 5.69 Å². The molecular formula is C15H26N4O2. The van der Waals surface area contributed by atoms with Crippen molar-refractivity contribution in [1.82, 2.24) is 15.5 Å². The number of nitrogens with zero attached hydrogens (tertiary/aromatic N) is 1. The molecule has 0 aliphatic heterocycles. The molecule has 0 spiro atoms. The fourth-order valence-electron chi connectivity index (χ4n) is 2.87. The number of nitrogens with one attached hydrogen (secondary N) is 2. The highest BCUT2D eigenvalue weighted by atomic mass is 16.3. The van der Waals surface area contributed by atoms with Gasteiger partial charge < -0.3 is 16.2 Å². The molecule has 6 heteroatoms. The second kappa shape index (κ2) is 6.47. The van der Waals surface area contributed by atoms with Gasteiger partial charge in [-0.25, -0.2) is 0 Å². The Morgan fingerprint density at radius 2 is 2.00 bits per heavy atom. The van der Waals surface area contributed by atoms with Gasteiger partial charge in [-0.1, -0.05) is 39.5 Å². The summed E-state index contributed by atoms with van der Waals surface area (Å²) in [5.41, 5.74) is 6.55. The van der Waals surface area contributed by atoms with E-state index in [0.717, 1.165) is 44.2 Å². The minimum absolute atomic E-state index is 0.185. The zero-order chi connectivity index (χ0) is 15.5. The van der Waals surface area contributed by atoms with E-state index in [0.29, 0.717) is 5.69 Å². The number of aromatic amines is 1. The Hall–Kier alpha value is -1.56. The number of H-pyrrole nitrogens is 1. The summed E-state index contributed by atoms with van der Waals surface area (Å²) < 4.78 is 0. The molecule has 0 unspecified atom stereocenters. The number of aliphatic hydroxyl groups is 1. The standard InChI is InChI=1S/C15H26N4O2/c1-10(2)12-11(16)13(19-18-12)14(20)17-9-15(21)7-5-3-4-6-8-15/h10,21H,3-9,16H2,1-2H3,(H,17,20)(H,18,19). The van der Waals surface area contributed by atoms with Gasteiger partial charge in [-0.05, 0) is 18.8 Å². The third kappa shape index (κ3) is 3.75. The lowest BCUT2D eigenvalue weighted by Gasteiger charge is -2.26. The van der Waals surface area contributed by atoms with Crippen LogP contribution >= 0.6 is 0 Å². The van der Waals surface area contributed by atoms with Gasteiger partial charge in [0, 0.05) is 6.54 Å². The molecule has 0 bridgehead atoms. The van der Waals surface area contributed by atoms with Crippen molar-refractivity contribution in [2.45, 2.75) is 63.9 Å². The van der Waals surface area contributed by atoms with Crippen LogP contribution < -0.4 is 11.1 Å². The predicted octanol–water partition coefficient (Wildman–Crippen LogP) is 1.93. The average molecular weight is 294 g/mol. The maximum atomic E-state index is 12.2. The lowest BCUT2D eigenvalue weighted by Crippen LogP contribution is -2.42. The molecule has 1 fully saturated rings. The molecule has 1 saturated carbocycles. The first-order valence-corrected chi connectivity index (χ1v) is 7.77. The number of rotatable bonds is 4. The van der Waals surface area contributed by atoms with Crippen molar-refractivity contribution in [3.05, 3.63) is 11.4 Å². The molecule has 118 valence electrons. The van der Waals surface area contributed by atoms with Crippen molar-refractivity contribution < 1.29 is 9.90 Å². The van der Waals surface area contributed by atoms with E-state index in [1.807, 2.05) is 13.8 Å². The van der Waals surface area contributed by atoms with E-state index in [4.69, 9.17) is 5.73 Å². The molecule has 1 aliphatic carbocycles. The summed E-state index contributed by atoms with van der Waals surface area (Å²) in [5, 5.41) is 20.1. The van der Waals surface area contributed by atoms with E-state index in [1.54, 1.807) is 0 Å². The predicted molar refractivity (Wildman–Crippen MR) is 82.1 cm³/mol. The van der Waals surface area contributed by atoms with Crippen molar-refractivity contribution in [2.24, 2.45) is 0 Å². The van der Waals surface area contributed by atoms with Gasteiger partial charge in [-0.3, -0.25) is 9.89 Å². The normalized spacial score (nSPS) is 18.5. The molecule has 1 aromatic rings. The Bertz CT molecular complexity index is 488. The zero-order valence-electron chi connectivity index (χ0n) is 12.9. The zero-order valence-corrected chi connectivity index (χ0v) is 12.9. The second-order valence-corrected chi connectivity index (χ2v) is 6.38. The Balaban J connectivity index is 1.98. The topological polar surface area (TPSA) is 104 Å². The van der Waals surface area contributed by atoms with E-state index < -0.39 is 5.60 Å². The van der Waals surface area contributed by atoms with Crippen LogP contribution in [0.3, 0.4) is 0 Å². The first-order valence-electron chi connectivity index (χ1n) is 7.77. The number of anilines is 1. The summed E-state index contributed by atoms with van der Waals surface area (Å²) in [4.78, 5) is 12.2. The highest BCUT2D eigenvalue weighted by Gasteiger charge is 2.29. The largest absolute Gasteiger partial charge is 0.395 e. The summed E-state index contributed by atoms with van der Waals surface area (Å²) in [6.07, 6.45) is 5.80. The van der Waals surface area contributed by atoms with Crippen LogP contribution in [0.25, 0.3) is 0 Å². The molecule has 1 heterocycles. The number of nitrogens with two attached hydrogens (primary N) is 1. The smallest absolute Gasteiger partial charge is 0.274 e. The van der Waals surface area contributed by atoms with Gasteiger partial charge in [0.25, 0.3) is 5.91 Å². The maximum Gasteiger partial charge on any atom is 0.274 e. The van der Waals surface area contributed by atoms with Crippen molar-refractivity contribution in [1.29, 1.82) is 0 Å². The average Bonchev–Trinajstić information content (AvgIpc) is 2.68. The summed E-state index contributed by atoms with van der Waals surface area (Å²) in [6, 6.07) is 0. The van der Waals surface area contributed by atoms with Crippen molar-refractivity contribution in [2.75, 3.05) is 12.3 Å². The van der Waals surface area contributed by atoms with Crippen LogP contribution in [0.4, 0.5) is 5.69 Å². The van der Waals surface area contributed by atoms with E-state index in [1.165, 1.54) is 0 Å². The van der Waals surface area contributed by atoms with E-state index in [2.05, 4.69) is 15.5 Å². The van der Waals surface area contributed by atoms with Gasteiger partial charge in [-0.2, -0.15) is 5.10 Å². The number of hydrogen-bond donors (Lipinski definition) is 4. The minimum Gasteiger partial charge on any atom is -0.395 e. The lowest BCUT2D eigenvalue weighted by atomic mass is 9.94. The second-order valence-electron chi connectivity index (χ2n) is 6.38. The van der Waals surface area contributed by atoms with Crippen molar-refractivity contribution in [3.63, 3.8) is 0 Å². The number of carbonyl (C=O) groups excluding carboxylic acids is 1. The van der Waals surface area contributed by atoms with Crippen LogP contribution in [0, 0.1) is 0 Å². The van der Waals surface area contributed by atoms with Crippen LogP contribution in [0.2, 0.25) is 0 Å². The molecule has 1 aromatic heterocycles. The molecule has 0 radical (unpaired) electrons. The van der Waals surface area contributed by atoms with Crippen LogP contribution in [-0.4, -0.2) is 33.4 Å². The molecule has 21 heavy (non-hydrogen) atoms. The molecule has 5 N–H and O–H groups in total. The van der Waals surface area contributed by atoms with Crippen LogP contribution in [-0.2, 0) is 0 Å². The molecule has 1 aliphatic rings. The Labute approximate surface area is 125 Å². The van der Waals surface area contributed by atoms with Gasteiger partial charge in [0.05, 0.1) is 17.0 Å². The van der Waals surface area contributed by atoms with Gasteiger partial charge in [0.2, 0.25) is 0 Å². The van der Waals surface area contributed by atoms with E-state index in [9.17, 15) is 9.90 Å². The Morgan fingerprint density at radius 3 is 2.52 bits per heavy atom. The number of amides is 1. The van der Waals surface area contributed by atoms with Gasteiger partial charge >= 0.3 is 0 Å². The maximum absolute atomic E-state index is 12.2. The van der Waals surface area contributed by atoms with E-state index in [-0.39, 0.29) is 24.1 Å². The molecular weight excluding hydrogens is 268 g/mol. The number of hydrogen-bond acceptors (Lipinski definition) is 4. The summed E-state index contributed by atoms with van der Waals surface area (Å²) in [7, 11) is 0. The molecule has 1 amide bonds. The van der Waals surface area contributed by atoms with Gasteiger partial charge in [-0.15, -0.1) is 0 Å². The fraction of sp³-hybridized carbons (Fsp3) is 0.733. The number of aromatic nitrogens is 2. The van der Waals surface area contributed by atoms with Crippen LogP contribution in [0.1, 0.15) is 74.5 Å². The number of nitrogen functional groups attached to an aromatic ring is 1. The van der Waals surface area contributed by atoms with Crippen molar-refractivity contribution >= 4 is 11.6 Å². The van der Waals surface area contributed by atoms with Crippen LogP contribution in [0.5, 0.6) is 0 Å². The first-order chi connectivity index (χ1) is 9.93. The van der Waals surface area contributed by atoms with E-state index >= 15 is 0 Å². The monoisotopic (exact) mass is 294 g/mol. The lowest BCUT2D eigenvalue weighted by molar-refractivity contribution is 0.0246. The van der Waals surface area contributed by atoms with Crippen molar-refractivity contribution in [3.8, 4) is 0 Å². The third-order valence-corrected chi connectivity index (χ3v) is 4.24. The Morgan fingerprint density at radius 1 is 1.38 bits per heavy atom. The fourth-order valence-corrected chi connectivity index (χ4v) is 2.87. The highest BCUT2D eigenvalue weighted by molar-refractivity contribution is 5.97. The molecule has 0 saturated heterocycles. The SMILES string of the molecule is CC(C)c1[nH]nc(C(=O)NCC2(O)CCCCCC2)c1N. The third-order valence-electron chi connectivity index (χ3n) is 4.24. The summed E-state index contributed by atoms with van der Waals surface area (Å²) in [6.45, 7) is 4.23. The van der Waals surface area contributed by atoms with Gasteiger partial charge in [0.1, 0.15) is 0 Å². The summed E-state index contributed by atoms with van der Waals surface area (Å²) >= 11 is 0. The summed E-state index contributed by atoms with van der Waals surface area (Å²) in [5.74, 6) is -0.140. The first kappa shape index (κ1) is 15.8. The number of carbonyl (C=O) groups is 1. The minimum atomic E-state index is -0.794. The molecule has 0 aromatic carbocycles. The molecule has 0 atom stereocenters. The highest BCUT2D eigenvalue weighted by Crippen LogP contribution is 2.27.